The van der Waals surface area contributed by atoms with Crippen LogP contribution in [0.1, 0.15) is 38.5 Å². The Morgan fingerprint density at radius 3 is 2.71 bits per heavy atom. The van der Waals surface area contributed by atoms with Crippen LogP contribution in [0.15, 0.2) is 21.2 Å². The quantitative estimate of drug-likeness (QED) is 0.803. The summed E-state index contributed by atoms with van der Waals surface area (Å²) in [6.07, 6.45) is 1.91. The molecule has 0 spiro atoms. The van der Waals surface area contributed by atoms with E-state index in [2.05, 4.69) is 15.1 Å². The summed E-state index contributed by atoms with van der Waals surface area (Å²) in [6, 6.07) is 1.99. The molecule has 1 aliphatic heterocycles. The van der Waals surface area contributed by atoms with Crippen LogP contribution < -0.4 is 0 Å². The lowest BCUT2D eigenvalue weighted by atomic mass is 9.97. The van der Waals surface area contributed by atoms with Crippen LogP contribution in [0.25, 0.3) is 11.5 Å². The number of thiophene rings is 1. The number of likely N-dealkylation sites (tertiary alicyclic amines) is 1. The molecule has 6 nitrogen and oxygen atoms in total. The van der Waals surface area contributed by atoms with Gasteiger partial charge in [-0.05, 0) is 51.2 Å². The minimum atomic E-state index is 0.219. The highest BCUT2D eigenvalue weighted by Gasteiger charge is 2.26. The van der Waals surface area contributed by atoms with E-state index in [0.717, 1.165) is 50.5 Å². The number of rotatable bonds is 6. The summed E-state index contributed by atoms with van der Waals surface area (Å²) < 4.78 is 5.85. The summed E-state index contributed by atoms with van der Waals surface area (Å²) in [5.41, 5.74) is 0.987. The molecule has 1 fully saturated rings. The van der Waals surface area contributed by atoms with E-state index in [1.807, 2.05) is 35.6 Å². The number of carbonyl (C=O) groups excluding carboxylic acids is 1. The molecule has 1 amide bonds. The topological polar surface area (TPSA) is 62.5 Å². The summed E-state index contributed by atoms with van der Waals surface area (Å²) in [4.78, 5) is 16.3. The van der Waals surface area contributed by atoms with Gasteiger partial charge in [-0.2, -0.15) is 11.3 Å². The second-order valence-corrected chi connectivity index (χ2v) is 6.85. The van der Waals surface area contributed by atoms with Gasteiger partial charge in [0.15, 0.2) is 0 Å². The Hall–Kier alpha value is -1.73. The molecule has 2 aromatic heterocycles. The summed E-state index contributed by atoms with van der Waals surface area (Å²) in [6.45, 7) is 7.90. The Bertz CT molecular complexity index is 643. The first-order valence-electron chi connectivity index (χ1n) is 8.57. The molecule has 0 saturated carbocycles. The smallest absolute Gasteiger partial charge is 0.248 e. The maximum Gasteiger partial charge on any atom is 0.248 e. The molecule has 1 saturated heterocycles. The molecule has 3 rings (SSSR count). The maximum atomic E-state index is 12.2. The van der Waals surface area contributed by atoms with Crippen molar-refractivity contribution in [2.24, 2.45) is 0 Å². The van der Waals surface area contributed by atoms with Crippen molar-refractivity contribution in [3.63, 3.8) is 0 Å². The molecule has 7 heteroatoms. The number of hydrogen-bond donors (Lipinski definition) is 0. The number of piperidine rings is 1. The summed E-state index contributed by atoms with van der Waals surface area (Å²) in [5, 5.41) is 12.4. The van der Waals surface area contributed by atoms with Gasteiger partial charge in [0.2, 0.25) is 17.7 Å². The molecule has 0 bridgehead atoms. The Labute approximate surface area is 146 Å². The minimum Gasteiger partial charge on any atom is -0.420 e. The second kappa shape index (κ2) is 7.90. The van der Waals surface area contributed by atoms with Crippen LogP contribution in [0.4, 0.5) is 0 Å². The van der Waals surface area contributed by atoms with Crippen LogP contribution in [0.2, 0.25) is 0 Å². The summed E-state index contributed by atoms with van der Waals surface area (Å²) >= 11 is 1.62. The number of nitrogens with zero attached hydrogens (tertiary/aromatic N) is 4. The third-order valence-electron chi connectivity index (χ3n) is 4.62. The van der Waals surface area contributed by atoms with Gasteiger partial charge in [-0.15, -0.1) is 10.2 Å². The molecule has 0 aromatic carbocycles. The maximum absolute atomic E-state index is 12.2. The van der Waals surface area contributed by atoms with Crippen LogP contribution >= 0.6 is 11.3 Å². The van der Waals surface area contributed by atoms with Crippen LogP contribution in [-0.2, 0) is 4.79 Å². The zero-order chi connectivity index (χ0) is 16.9. The molecule has 0 aliphatic carbocycles. The third-order valence-corrected chi connectivity index (χ3v) is 5.30. The van der Waals surface area contributed by atoms with Gasteiger partial charge < -0.3 is 9.32 Å². The van der Waals surface area contributed by atoms with E-state index < -0.39 is 0 Å². The molecule has 2 aromatic rings. The van der Waals surface area contributed by atoms with Gasteiger partial charge >= 0.3 is 0 Å². The number of hydrogen-bond acceptors (Lipinski definition) is 6. The number of amides is 1. The lowest BCUT2D eigenvalue weighted by Gasteiger charge is -2.31. The van der Waals surface area contributed by atoms with Gasteiger partial charge in [0.05, 0.1) is 6.54 Å². The average Bonchev–Trinajstić information content (AvgIpc) is 3.28. The Morgan fingerprint density at radius 2 is 2.08 bits per heavy atom. The molecule has 0 radical (unpaired) electrons. The Kier molecular flexibility index (Phi) is 5.63. The molecule has 0 atom stereocenters. The van der Waals surface area contributed by atoms with Gasteiger partial charge in [0, 0.05) is 30.0 Å². The molecular weight excluding hydrogens is 324 g/mol. The van der Waals surface area contributed by atoms with E-state index in [9.17, 15) is 4.79 Å². The van der Waals surface area contributed by atoms with Crippen molar-refractivity contribution in [1.82, 2.24) is 20.0 Å². The third kappa shape index (κ3) is 3.84. The van der Waals surface area contributed by atoms with Crippen molar-refractivity contribution in [3.8, 4) is 11.5 Å². The number of carbonyl (C=O) groups is 1. The molecular formula is C17H24N4O2S. The highest BCUT2D eigenvalue weighted by molar-refractivity contribution is 7.08. The minimum absolute atomic E-state index is 0.219. The van der Waals surface area contributed by atoms with Crippen LogP contribution in [-0.4, -0.2) is 58.6 Å². The molecule has 24 heavy (non-hydrogen) atoms. The first-order chi connectivity index (χ1) is 11.7. The van der Waals surface area contributed by atoms with Crippen molar-refractivity contribution < 1.29 is 9.21 Å². The summed E-state index contributed by atoms with van der Waals surface area (Å²) in [7, 11) is 0. The average molecular weight is 348 g/mol. The Balaban J connectivity index is 1.53. The Morgan fingerprint density at radius 1 is 1.33 bits per heavy atom. The monoisotopic (exact) mass is 348 g/mol. The van der Waals surface area contributed by atoms with E-state index in [4.69, 9.17) is 4.42 Å². The van der Waals surface area contributed by atoms with E-state index in [-0.39, 0.29) is 5.91 Å². The molecule has 0 unspecified atom stereocenters. The fourth-order valence-electron chi connectivity index (χ4n) is 3.11. The fourth-order valence-corrected chi connectivity index (χ4v) is 3.74. The van der Waals surface area contributed by atoms with E-state index in [0.29, 0.717) is 18.4 Å². The first-order valence-corrected chi connectivity index (χ1v) is 9.51. The van der Waals surface area contributed by atoms with Crippen LogP contribution in [0.5, 0.6) is 0 Å². The zero-order valence-electron chi connectivity index (χ0n) is 14.3. The van der Waals surface area contributed by atoms with Crippen LogP contribution in [0.3, 0.4) is 0 Å². The highest BCUT2D eigenvalue weighted by Crippen LogP contribution is 2.29. The van der Waals surface area contributed by atoms with E-state index >= 15 is 0 Å². The number of aromatic nitrogens is 2. The summed E-state index contributed by atoms with van der Waals surface area (Å²) in [5.74, 6) is 1.84. The van der Waals surface area contributed by atoms with Crippen molar-refractivity contribution in [2.75, 3.05) is 32.7 Å². The molecule has 130 valence electrons. The first kappa shape index (κ1) is 17.1. The van der Waals surface area contributed by atoms with Gasteiger partial charge in [-0.3, -0.25) is 9.69 Å². The van der Waals surface area contributed by atoms with Crippen molar-refractivity contribution in [3.05, 3.63) is 22.7 Å². The largest absolute Gasteiger partial charge is 0.420 e. The van der Waals surface area contributed by atoms with Crippen molar-refractivity contribution in [2.45, 2.75) is 32.6 Å². The van der Waals surface area contributed by atoms with E-state index in [1.165, 1.54) is 0 Å². The predicted molar refractivity (Wildman–Crippen MR) is 94.0 cm³/mol. The second-order valence-electron chi connectivity index (χ2n) is 6.07. The molecule has 1 aliphatic rings. The normalized spacial score (nSPS) is 16.4. The van der Waals surface area contributed by atoms with Gasteiger partial charge in [-0.25, -0.2) is 0 Å². The lowest BCUT2D eigenvalue weighted by molar-refractivity contribution is -0.132. The number of likely N-dealkylation sites (N-methyl/N-ethyl adjacent to an activating group) is 1. The van der Waals surface area contributed by atoms with Gasteiger partial charge in [-0.1, -0.05) is 0 Å². The lowest BCUT2D eigenvalue weighted by Crippen LogP contribution is -2.43. The van der Waals surface area contributed by atoms with E-state index in [1.54, 1.807) is 11.3 Å². The zero-order valence-corrected chi connectivity index (χ0v) is 15.1. The standard InChI is InChI=1S/C17H24N4O2S/c1-3-21(4-2)15(22)11-20-8-5-13(6-9-20)16-18-19-17(23-16)14-7-10-24-12-14/h7,10,12-13H,3-6,8-9,11H2,1-2H3. The van der Waals surface area contributed by atoms with Crippen molar-refractivity contribution in [1.29, 1.82) is 0 Å². The molecule has 3 heterocycles. The molecule has 0 N–H and O–H groups in total. The fraction of sp³-hybridized carbons (Fsp3) is 0.588. The van der Waals surface area contributed by atoms with Crippen molar-refractivity contribution >= 4 is 17.2 Å². The highest BCUT2D eigenvalue weighted by atomic mass is 32.1. The predicted octanol–water partition coefficient (Wildman–Crippen LogP) is 2.85. The van der Waals surface area contributed by atoms with Gasteiger partial charge in [0.25, 0.3) is 0 Å². The SMILES string of the molecule is CCN(CC)C(=O)CN1CCC(c2nnc(-c3ccsc3)o2)CC1. The van der Waals surface area contributed by atoms with Gasteiger partial charge in [0.1, 0.15) is 0 Å². The van der Waals surface area contributed by atoms with Crippen LogP contribution in [0, 0.1) is 0 Å².